The number of hydrogen-bond donors (Lipinski definition) is 0. The van der Waals surface area contributed by atoms with E-state index in [-0.39, 0.29) is 28.7 Å². The SMILES string of the molecule is CC(=O)COS(=O)(=O)CC12CCC(CC1=O)C2(C)C. The molecule has 0 aromatic carbocycles. The van der Waals surface area contributed by atoms with E-state index >= 15 is 0 Å². The molecule has 19 heavy (non-hydrogen) atoms. The second kappa shape index (κ2) is 4.38. The van der Waals surface area contributed by atoms with Crippen molar-refractivity contribution in [2.24, 2.45) is 16.7 Å². The van der Waals surface area contributed by atoms with E-state index in [9.17, 15) is 18.0 Å². The minimum absolute atomic E-state index is 0.0313. The lowest BCUT2D eigenvalue weighted by molar-refractivity contribution is -0.128. The fraction of sp³-hybridized carbons (Fsp3) is 0.846. The molecule has 0 aromatic rings. The number of ketones is 2. The van der Waals surface area contributed by atoms with Gasteiger partial charge in [-0.25, -0.2) is 0 Å². The molecule has 0 saturated heterocycles. The third-order valence-electron chi connectivity index (χ3n) is 5.00. The van der Waals surface area contributed by atoms with E-state index in [4.69, 9.17) is 4.18 Å². The predicted molar refractivity (Wildman–Crippen MR) is 69.0 cm³/mol. The standard InChI is InChI=1S/C13H20O5S/c1-9(14)7-18-19(16,17)8-13-5-4-10(6-11(13)15)12(13,2)3/h10H,4-8H2,1-3H3. The summed E-state index contributed by atoms with van der Waals surface area (Å²) in [7, 11) is -3.85. The first-order valence-electron chi connectivity index (χ1n) is 6.50. The van der Waals surface area contributed by atoms with E-state index in [1.165, 1.54) is 6.92 Å². The molecule has 0 spiro atoms. The minimum Gasteiger partial charge on any atom is -0.299 e. The molecule has 2 saturated carbocycles. The van der Waals surface area contributed by atoms with Gasteiger partial charge >= 0.3 is 0 Å². The van der Waals surface area contributed by atoms with Crippen molar-refractivity contribution in [3.05, 3.63) is 0 Å². The molecule has 5 nitrogen and oxygen atoms in total. The summed E-state index contributed by atoms with van der Waals surface area (Å²) in [4.78, 5) is 23.0. The molecular formula is C13H20O5S. The van der Waals surface area contributed by atoms with Crippen LogP contribution in [0.25, 0.3) is 0 Å². The molecule has 0 aromatic heterocycles. The van der Waals surface area contributed by atoms with E-state index < -0.39 is 22.1 Å². The molecule has 2 fully saturated rings. The summed E-state index contributed by atoms with van der Waals surface area (Å²) in [6, 6.07) is 0. The molecule has 6 heteroatoms. The molecule has 108 valence electrons. The van der Waals surface area contributed by atoms with Gasteiger partial charge in [0.15, 0.2) is 5.78 Å². The lowest BCUT2D eigenvalue weighted by Gasteiger charge is -2.35. The second-order valence-electron chi connectivity index (χ2n) is 6.33. The normalized spacial score (nSPS) is 32.8. The van der Waals surface area contributed by atoms with E-state index in [2.05, 4.69) is 0 Å². The quantitative estimate of drug-likeness (QED) is 0.713. The molecule has 2 rings (SSSR count). The summed E-state index contributed by atoms with van der Waals surface area (Å²) < 4.78 is 28.7. The first-order valence-corrected chi connectivity index (χ1v) is 8.08. The Morgan fingerprint density at radius 3 is 2.47 bits per heavy atom. The van der Waals surface area contributed by atoms with Gasteiger partial charge in [0.1, 0.15) is 12.4 Å². The number of carbonyl (C=O) groups excluding carboxylic acids is 2. The van der Waals surface area contributed by atoms with E-state index in [0.717, 1.165) is 6.42 Å². The number of Topliss-reactive ketones (excluding diaryl/α,β-unsaturated/α-hetero) is 2. The average molecular weight is 288 g/mol. The zero-order chi connectivity index (χ0) is 14.5. The maximum Gasteiger partial charge on any atom is 0.268 e. The van der Waals surface area contributed by atoms with Crippen LogP contribution in [0.5, 0.6) is 0 Å². The molecule has 2 aliphatic carbocycles. The van der Waals surface area contributed by atoms with Crippen molar-refractivity contribution in [3.8, 4) is 0 Å². The first kappa shape index (κ1) is 14.7. The third kappa shape index (κ3) is 2.25. The van der Waals surface area contributed by atoms with Gasteiger partial charge in [0, 0.05) is 6.42 Å². The van der Waals surface area contributed by atoms with Crippen molar-refractivity contribution < 1.29 is 22.2 Å². The molecule has 2 bridgehead atoms. The highest BCUT2D eigenvalue weighted by atomic mass is 32.2. The number of carbonyl (C=O) groups is 2. The average Bonchev–Trinajstić information content (AvgIpc) is 2.60. The van der Waals surface area contributed by atoms with Gasteiger partial charge in [0.25, 0.3) is 10.1 Å². The smallest absolute Gasteiger partial charge is 0.268 e. The molecule has 0 aliphatic heterocycles. The van der Waals surface area contributed by atoms with Crippen LogP contribution >= 0.6 is 0 Å². The van der Waals surface area contributed by atoms with Crippen LogP contribution in [0, 0.1) is 16.7 Å². The Labute approximate surface area is 113 Å². The Bertz CT molecular complexity index is 519. The largest absolute Gasteiger partial charge is 0.299 e. The summed E-state index contributed by atoms with van der Waals surface area (Å²) in [5.74, 6) is -0.343. The van der Waals surface area contributed by atoms with Gasteiger partial charge in [-0.15, -0.1) is 0 Å². The van der Waals surface area contributed by atoms with Crippen LogP contribution in [0.3, 0.4) is 0 Å². The first-order chi connectivity index (χ1) is 8.61. The Morgan fingerprint density at radius 2 is 2.05 bits per heavy atom. The van der Waals surface area contributed by atoms with Gasteiger partial charge in [-0.3, -0.25) is 13.8 Å². The van der Waals surface area contributed by atoms with Crippen LogP contribution in [0.15, 0.2) is 0 Å². The molecule has 2 unspecified atom stereocenters. The van der Waals surface area contributed by atoms with Crippen molar-refractivity contribution in [1.82, 2.24) is 0 Å². The molecule has 2 atom stereocenters. The molecule has 2 aliphatic rings. The van der Waals surface area contributed by atoms with Gasteiger partial charge < -0.3 is 0 Å². The predicted octanol–water partition coefficient (Wildman–Crippen LogP) is 1.32. The summed E-state index contributed by atoms with van der Waals surface area (Å²) >= 11 is 0. The Morgan fingerprint density at radius 1 is 1.42 bits per heavy atom. The molecule has 0 heterocycles. The Kier molecular flexibility index (Phi) is 3.38. The van der Waals surface area contributed by atoms with Gasteiger partial charge in [0.2, 0.25) is 0 Å². The monoisotopic (exact) mass is 288 g/mol. The van der Waals surface area contributed by atoms with Crippen LogP contribution in [0.1, 0.15) is 40.0 Å². The summed E-state index contributed by atoms with van der Waals surface area (Å²) in [6.07, 6.45) is 1.96. The zero-order valence-electron chi connectivity index (χ0n) is 11.6. The number of rotatable bonds is 5. The third-order valence-corrected chi connectivity index (χ3v) is 6.33. The fourth-order valence-corrected chi connectivity index (χ4v) is 5.33. The Balaban J connectivity index is 2.22. The lowest BCUT2D eigenvalue weighted by atomic mass is 9.70. The summed E-state index contributed by atoms with van der Waals surface area (Å²) in [6.45, 7) is 4.76. The summed E-state index contributed by atoms with van der Waals surface area (Å²) in [5, 5.41) is 0. The lowest BCUT2D eigenvalue weighted by Crippen LogP contribution is -2.42. The maximum absolute atomic E-state index is 12.2. The van der Waals surface area contributed by atoms with Crippen LogP contribution in [-0.4, -0.2) is 32.3 Å². The molecule has 0 radical (unpaired) electrons. The molecular weight excluding hydrogens is 268 g/mol. The highest BCUT2D eigenvalue weighted by Gasteiger charge is 2.65. The topological polar surface area (TPSA) is 77.5 Å². The van der Waals surface area contributed by atoms with Crippen LogP contribution in [0.4, 0.5) is 0 Å². The highest BCUT2D eigenvalue weighted by Crippen LogP contribution is 2.64. The van der Waals surface area contributed by atoms with Crippen molar-refractivity contribution in [1.29, 1.82) is 0 Å². The van der Waals surface area contributed by atoms with Crippen molar-refractivity contribution in [2.75, 3.05) is 12.4 Å². The molecule has 0 amide bonds. The number of hydrogen-bond acceptors (Lipinski definition) is 5. The molecule has 0 N–H and O–H groups in total. The van der Waals surface area contributed by atoms with Crippen molar-refractivity contribution in [3.63, 3.8) is 0 Å². The van der Waals surface area contributed by atoms with Gasteiger partial charge in [-0.2, -0.15) is 8.42 Å². The van der Waals surface area contributed by atoms with Crippen LogP contribution < -0.4 is 0 Å². The Hall–Kier alpha value is -0.750. The van der Waals surface area contributed by atoms with Crippen LogP contribution in [-0.2, 0) is 23.9 Å². The van der Waals surface area contributed by atoms with Crippen molar-refractivity contribution in [2.45, 2.75) is 40.0 Å². The zero-order valence-corrected chi connectivity index (χ0v) is 12.4. The highest BCUT2D eigenvalue weighted by molar-refractivity contribution is 7.86. The fourth-order valence-electron chi connectivity index (χ4n) is 3.62. The van der Waals surface area contributed by atoms with Crippen molar-refractivity contribution >= 4 is 21.7 Å². The maximum atomic E-state index is 12.2. The van der Waals surface area contributed by atoms with Gasteiger partial charge in [-0.05, 0) is 31.1 Å². The van der Waals surface area contributed by atoms with E-state index in [0.29, 0.717) is 12.8 Å². The summed E-state index contributed by atoms with van der Waals surface area (Å²) in [5.41, 5.74) is -1.13. The van der Waals surface area contributed by atoms with Gasteiger partial charge in [-0.1, -0.05) is 13.8 Å². The van der Waals surface area contributed by atoms with Gasteiger partial charge in [0.05, 0.1) is 11.2 Å². The number of fused-ring (bicyclic) bond motifs is 2. The second-order valence-corrected chi connectivity index (χ2v) is 7.97. The van der Waals surface area contributed by atoms with Crippen LogP contribution in [0.2, 0.25) is 0 Å². The minimum atomic E-state index is -3.85. The van der Waals surface area contributed by atoms with E-state index in [1.807, 2.05) is 13.8 Å². The van der Waals surface area contributed by atoms with E-state index in [1.54, 1.807) is 0 Å².